The van der Waals surface area contributed by atoms with Gasteiger partial charge in [-0.2, -0.15) is 4.31 Å². The molecule has 0 fully saturated rings. The Balaban J connectivity index is 2.26. The predicted octanol–water partition coefficient (Wildman–Crippen LogP) is 3.94. The molecular formula is C18H19ClN2O5S. The third-order valence-electron chi connectivity index (χ3n) is 3.89. The van der Waals surface area contributed by atoms with Gasteiger partial charge in [-0.3, -0.25) is 10.1 Å². The molecule has 0 saturated carbocycles. The Bertz CT molecular complexity index is 958. The number of hydrogen-bond donors (Lipinski definition) is 0. The fraction of sp³-hybridized carbons (Fsp3) is 0.222. The Hall–Kier alpha value is -2.42. The Morgan fingerprint density at radius 2 is 1.93 bits per heavy atom. The van der Waals surface area contributed by atoms with E-state index in [1.165, 1.54) is 20.0 Å². The molecular weight excluding hydrogens is 392 g/mol. The summed E-state index contributed by atoms with van der Waals surface area (Å²) in [6.45, 7) is 5.50. The average molecular weight is 411 g/mol. The summed E-state index contributed by atoms with van der Waals surface area (Å²) >= 11 is 5.98. The molecule has 0 saturated heterocycles. The van der Waals surface area contributed by atoms with Crippen molar-refractivity contribution in [3.05, 3.63) is 75.3 Å². The van der Waals surface area contributed by atoms with Gasteiger partial charge in [0.1, 0.15) is 12.4 Å². The Kier molecular flexibility index (Phi) is 6.59. The van der Waals surface area contributed by atoms with Gasteiger partial charge in [-0.25, -0.2) is 8.42 Å². The number of ether oxygens (including phenoxy) is 1. The summed E-state index contributed by atoms with van der Waals surface area (Å²) in [5.74, 6) is 0.644. The molecule has 0 aliphatic carbocycles. The van der Waals surface area contributed by atoms with Crippen LogP contribution in [0.4, 0.5) is 5.69 Å². The highest BCUT2D eigenvalue weighted by Crippen LogP contribution is 2.31. The molecule has 0 unspecified atom stereocenters. The largest absolute Gasteiger partial charge is 0.490 e. The SMILES string of the molecule is C=CCOc1ccc(CN(C)S(=O)(=O)c2cc(Cl)c(C)c([N+](=O)[O-])c2)cc1. The second-order valence-electron chi connectivity index (χ2n) is 5.81. The molecule has 0 aliphatic heterocycles. The van der Waals surface area contributed by atoms with E-state index < -0.39 is 14.9 Å². The van der Waals surface area contributed by atoms with Crippen molar-refractivity contribution in [1.82, 2.24) is 4.31 Å². The number of nitrogens with zero attached hydrogens (tertiary/aromatic N) is 2. The summed E-state index contributed by atoms with van der Waals surface area (Å²) in [4.78, 5) is 10.3. The first kappa shape index (κ1) is 20.9. The van der Waals surface area contributed by atoms with Gasteiger partial charge in [-0.05, 0) is 30.7 Å². The molecule has 0 heterocycles. The molecule has 0 radical (unpaired) electrons. The van der Waals surface area contributed by atoms with Crippen LogP contribution in [0, 0.1) is 17.0 Å². The van der Waals surface area contributed by atoms with Gasteiger partial charge in [0.05, 0.1) is 14.8 Å². The summed E-state index contributed by atoms with van der Waals surface area (Å²) in [5.41, 5.74) is 0.622. The number of halogens is 1. The Labute approximate surface area is 163 Å². The van der Waals surface area contributed by atoms with Crippen LogP contribution in [0.25, 0.3) is 0 Å². The minimum Gasteiger partial charge on any atom is -0.490 e. The van der Waals surface area contributed by atoms with E-state index in [4.69, 9.17) is 16.3 Å². The molecule has 7 nitrogen and oxygen atoms in total. The molecule has 0 N–H and O–H groups in total. The van der Waals surface area contributed by atoms with E-state index in [1.807, 2.05) is 0 Å². The third kappa shape index (κ3) is 4.85. The van der Waals surface area contributed by atoms with Crippen molar-refractivity contribution in [2.24, 2.45) is 0 Å². The highest BCUT2D eigenvalue weighted by Gasteiger charge is 2.26. The standard InChI is InChI=1S/C18H19ClN2O5S/c1-4-9-26-15-7-5-14(6-8-15)12-20(3)27(24,25)16-10-17(19)13(2)18(11-16)21(22)23/h4-8,10-11H,1,9,12H2,2-3H3. The monoisotopic (exact) mass is 410 g/mol. The molecule has 144 valence electrons. The third-order valence-corrected chi connectivity index (χ3v) is 6.07. The number of hydrogen-bond acceptors (Lipinski definition) is 5. The van der Waals surface area contributed by atoms with Gasteiger partial charge in [0.25, 0.3) is 5.69 Å². The van der Waals surface area contributed by atoms with Crippen LogP contribution in [0.3, 0.4) is 0 Å². The molecule has 0 amide bonds. The van der Waals surface area contributed by atoms with Crippen molar-refractivity contribution >= 4 is 27.3 Å². The zero-order chi connectivity index (χ0) is 20.2. The normalized spacial score (nSPS) is 11.4. The van der Waals surface area contributed by atoms with Crippen LogP contribution in [-0.4, -0.2) is 31.3 Å². The first-order valence-corrected chi connectivity index (χ1v) is 9.72. The van der Waals surface area contributed by atoms with E-state index in [9.17, 15) is 18.5 Å². The molecule has 27 heavy (non-hydrogen) atoms. The van der Waals surface area contributed by atoms with Crippen molar-refractivity contribution in [2.45, 2.75) is 18.4 Å². The lowest BCUT2D eigenvalue weighted by molar-refractivity contribution is -0.385. The molecule has 2 rings (SSSR count). The fourth-order valence-electron chi connectivity index (χ4n) is 2.35. The van der Waals surface area contributed by atoms with Crippen LogP contribution in [0.5, 0.6) is 5.75 Å². The number of rotatable bonds is 8. The maximum atomic E-state index is 12.8. The first-order chi connectivity index (χ1) is 12.7. The number of sulfonamides is 1. The summed E-state index contributed by atoms with van der Waals surface area (Å²) < 4.78 is 32.1. The summed E-state index contributed by atoms with van der Waals surface area (Å²) in [6.07, 6.45) is 1.63. The molecule has 0 aromatic heterocycles. The number of benzene rings is 2. The van der Waals surface area contributed by atoms with Gasteiger partial charge in [0.2, 0.25) is 10.0 Å². The lowest BCUT2D eigenvalue weighted by atomic mass is 10.2. The highest BCUT2D eigenvalue weighted by atomic mass is 35.5. The summed E-state index contributed by atoms with van der Waals surface area (Å²) in [6, 6.07) is 9.20. The van der Waals surface area contributed by atoms with E-state index >= 15 is 0 Å². The Morgan fingerprint density at radius 1 is 1.30 bits per heavy atom. The smallest absolute Gasteiger partial charge is 0.275 e. The van der Waals surface area contributed by atoms with Gasteiger partial charge in [0.15, 0.2) is 0 Å². The maximum absolute atomic E-state index is 12.8. The molecule has 0 bridgehead atoms. The maximum Gasteiger partial charge on any atom is 0.275 e. The quantitative estimate of drug-likeness (QED) is 0.373. The van der Waals surface area contributed by atoms with Gasteiger partial charge in [-0.15, -0.1) is 0 Å². The lowest BCUT2D eigenvalue weighted by Gasteiger charge is -2.18. The predicted molar refractivity (Wildman–Crippen MR) is 104 cm³/mol. The number of nitro benzene ring substituents is 1. The van der Waals surface area contributed by atoms with E-state index in [2.05, 4.69) is 6.58 Å². The van der Waals surface area contributed by atoms with Crippen molar-refractivity contribution in [1.29, 1.82) is 0 Å². The number of nitro groups is 1. The molecule has 2 aromatic rings. The summed E-state index contributed by atoms with van der Waals surface area (Å²) in [5, 5.41) is 11.2. The van der Waals surface area contributed by atoms with Crippen LogP contribution in [0.1, 0.15) is 11.1 Å². The van der Waals surface area contributed by atoms with E-state index in [1.54, 1.807) is 30.3 Å². The van der Waals surface area contributed by atoms with Gasteiger partial charge >= 0.3 is 0 Å². The topological polar surface area (TPSA) is 89.8 Å². The Morgan fingerprint density at radius 3 is 2.48 bits per heavy atom. The van der Waals surface area contributed by atoms with Crippen LogP contribution >= 0.6 is 11.6 Å². The van der Waals surface area contributed by atoms with Gasteiger partial charge in [0, 0.05) is 25.2 Å². The van der Waals surface area contributed by atoms with Crippen molar-refractivity contribution in [2.75, 3.05) is 13.7 Å². The summed E-state index contributed by atoms with van der Waals surface area (Å²) in [7, 11) is -2.56. The zero-order valence-electron chi connectivity index (χ0n) is 14.9. The first-order valence-electron chi connectivity index (χ1n) is 7.90. The second kappa shape index (κ2) is 8.51. The van der Waals surface area contributed by atoms with Crippen LogP contribution in [-0.2, 0) is 16.6 Å². The average Bonchev–Trinajstić information content (AvgIpc) is 2.62. The van der Waals surface area contributed by atoms with Gasteiger partial charge < -0.3 is 4.74 Å². The highest BCUT2D eigenvalue weighted by molar-refractivity contribution is 7.89. The molecule has 0 atom stereocenters. The van der Waals surface area contributed by atoms with E-state index in [-0.39, 0.29) is 27.7 Å². The minimum atomic E-state index is -3.96. The fourth-order valence-corrected chi connectivity index (χ4v) is 3.83. The molecule has 2 aromatic carbocycles. The minimum absolute atomic E-state index is 0.0277. The van der Waals surface area contributed by atoms with E-state index in [0.29, 0.717) is 12.4 Å². The molecule has 0 spiro atoms. The van der Waals surface area contributed by atoms with Crippen molar-refractivity contribution in [3.63, 3.8) is 0 Å². The molecule has 0 aliphatic rings. The van der Waals surface area contributed by atoms with E-state index in [0.717, 1.165) is 15.9 Å². The molecule has 9 heteroatoms. The van der Waals surface area contributed by atoms with Crippen molar-refractivity contribution < 1.29 is 18.1 Å². The second-order valence-corrected chi connectivity index (χ2v) is 8.26. The van der Waals surface area contributed by atoms with Crippen LogP contribution in [0.2, 0.25) is 5.02 Å². The van der Waals surface area contributed by atoms with Crippen LogP contribution in [0.15, 0.2) is 53.9 Å². The zero-order valence-corrected chi connectivity index (χ0v) is 16.5. The van der Waals surface area contributed by atoms with Crippen molar-refractivity contribution in [3.8, 4) is 5.75 Å². The lowest BCUT2D eigenvalue weighted by Crippen LogP contribution is -2.26. The van der Waals surface area contributed by atoms with Crippen LogP contribution < -0.4 is 4.74 Å². The van der Waals surface area contributed by atoms with Gasteiger partial charge in [-0.1, -0.05) is 36.4 Å².